The summed E-state index contributed by atoms with van der Waals surface area (Å²) in [5.74, 6) is -1.83. The summed E-state index contributed by atoms with van der Waals surface area (Å²) >= 11 is 0. The average molecular weight is 233 g/mol. The van der Waals surface area contributed by atoms with Crippen LogP contribution in [-0.4, -0.2) is 21.0 Å². The van der Waals surface area contributed by atoms with Crippen molar-refractivity contribution in [1.82, 2.24) is 9.97 Å². The molecular weight excluding hydrogens is 225 g/mol. The highest BCUT2D eigenvalue weighted by molar-refractivity contribution is 5.92. The lowest BCUT2D eigenvalue weighted by Gasteiger charge is -2.04. The fourth-order valence-electron chi connectivity index (χ4n) is 1.35. The minimum atomic E-state index is -1.26. The molecule has 0 aliphatic heterocycles. The first kappa shape index (κ1) is 11.0. The number of rotatable bonds is 2. The van der Waals surface area contributed by atoms with Gasteiger partial charge in [0.05, 0.1) is 11.4 Å². The lowest BCUT2D eigenvalue weighted by Crippen LogP contribution is -2.06. The first-order chi connectivity index (χ1) is 8.09. The molecule has 2 aromatic heterocycles. The van der Waals surface area contributed by atoms with Crippen LogP contribution in [0.2, 0.25) is 0 Å². The second kappa shape index (κ2) is 4.17. The third-order valence-electron chi connectivity index (χ3n) is 2.13. The molecule has 0 aliphatic rings. The second-order valence-corrected chi connectivity index (χ2v) is 3.27. The van der Waals surface area contributed by atoms with Crippen LogP contribution in [0.4, 0.5) is 10.1 Å². The Morgan fingerprint density at radius 2 is 2.12 bits per heavy atom. The second-order valence-electron chi connectivity index (χ2n) is 3.27. The Morgan fingerprint density at radius 3 is 2.76 bits per heavy atom. The summed E-state index contributed by atoms with van der Waals surface area (Å²) in [6.45, 7) is 0. The minimum Gasteiger partial charge on any atom is -0.476 e. The van der Waals surface area contributed by atoms with Crippen molar-refractivity contribution in [1.29, 1.82) is 0 Å². The maximum Gasteiger partial charge on any atom is 0.356 e. The maximum absolute atomic E-state index is 13.4. The smallest absolute Gasteiger partial charge is 0.356 e. The van der Waals surface area contributed by atoms with Gasteiger partial charge in [0.2, 0.25) is 0 Å². The molecule has 0 aromatic carbocycles. The topological polar surface area (TPSA) is 89.1 Å². The van der Waals surface area contributed by atoms with Crippen LogP contribution in [-0.2, 0) is 0 Å². The number of nitrogen functional groups attached to an aromatic ring is 1. The van der Waals surface area contributed by atoms with Crippen LogP contribution in [0.15, 0.2) is 30.5 Å². The zero-order chi connectivity index (χ0) is 12.4. The van der Waals surface area contributed by atoms with Crippen LogP contribution in [0.3, 0.4) is 0 Å². The van der Waals surface area contributed by atoms with Crippen LogP contribution in [0, 0.1) is 5.82 Å². The first-order valence-corrected chi connectivity index (χ1v) is 4.70. The lowest BCUT2D eigenvalue weighted by atomic mass is 10.2. The van der Waals surface area contributed by atoms with Gasteiger partial charge >= 0.3 is 5.97 Å². The Morgan fingerprint density at radius 1 is 1.35 bits per heavy atom. The van der Waals surface area contributed by atoms with E-state index in [9.17, 15) is 9.18 Å². The molecular formula is C11H8FN3O2. The molecule has 0 bridgehead atoms. The molecule has 0 fully saturated rings. The van der Waals surface area contributed by atoms with E-state index in [0.717, 1.165) is 0 Å². The zero-order valence-corrected chi connectivity index (χ0v) is 8.59. The molecule has 0 saturated heterocycles. The summed E-state index contributed by atoms with van der Waals surface area (Å²) in [7, 11) is 0. The highest BCUT2D eigenvalue weighted by Crippen LogP contribution is 2.20. The highest BCUT2D eigenvalue weighted by atomic mass is 19.1. The molecule has 0 aliphatic carbocycles. The SMILES string of the molecule is Nc1ccc(-c2ncccc2F)nc1C(=O)O. The molecule has 2 heterocycles. The zero-order valence-electron chi connectivity index (χ0n) is 8.59. The van der Waals surface area contributed by atoms with Crippen molar-refractivity contribution >= 4 is 11.7 Å². The van der Waals surface area contributed by atoms with Crippen LogP contribution in [0.25, 0.3) is 11.4 Å². The molecule has 2 rings (SSSR count). The molecule has 0 radical (unpaired) electrons. The average Bonchev–Trinajstić information content (AvgIpc) is 2.30. The van der Waals surface area contributed by atoms with Gasteiger partial charge in [-0.05, 0) is 24.3 Å². The first-order valence-electron chi connectivity index (χ1n) is 4.70. The molecule has 3 N–H and O–H groups in total. The predicted molar refractivity (Wildman–Crippen MR) is 58.8 cm³/mol. The molecule has 2 aromatic rings. The van der Waals surface area contributed by atoms with Crippen molar-refractivity contribution in [3.8, 4) is 11.4 Å². The summed E-state index contributed by atoms with van der Waals surface area (Å²) < 4.78 is 13.4. The quantitative estimate of drug-likeness (QED) is 0.821. The van der Waals surface area contributed by atoms with Crippen molar-refractivity contribution in [3.63, 3.8) is 0 Å². The molecule has 17 heavy (non-hydrogen) atoms. The van der Waals surface area contributed by atoms with Gasteiger partial charge in [-0.3, -0.25) is 4.98 Å². The van der Waals surface area contributed by atoms with E-state index in [1.54, 1.807) is 0 Å². The van der Waals surface area contributed by atoms with Gasteiger partial charge in [0, 0.05) is 6.20 Å². The van der Waals surface area contributed by atoms with Crippen molar-refractivity contribution < 1.29 is 14.3 Å². The number of nitrogens with zero attached hydrogens (tertiary/aromatic N) is 2. The van der Waals surface area contributed by atoms with Crippen molar-refractivity contribution in [2.45, 2.75) is 0 Å². The molecule has 0 spiro atoms. The number of aromatic carboxylic acids is 1. The van der Waals surface area contributed by atoms with Crippen LogP contribution >= 0.6 is 0 Å². The number of anilines is 1. The largest absolute Gasteiger partial charge is 0.476 e. The van der Waals surface area contributed by atoms with Gasteiger partial charge in [-0.15, -0.1) is 0 Å². The number of halogens is 1. The predicted octanol–water partition coefficient (Wildman–Crippen LogP) is 1.56. The van der Waals surface area contributed by atoms with E-state index in [1.807, 2.05) is 0 Å². The Kier molecular flexibility index (Phi) is 2.70. The van der Waals surface area contributed by atoms with Gasteiger partial charge in [0.1, 0.15) is 5.69 Å². The molecule has 86 valence electrons. The highest BCUT2D eigenvalue weighted by Gasteiger charge is 2.14. The number of pyridine rings is 2. The van der Waals surface area contributed by atoms with E-state index >= 15 is 0 Å². The molecule has 0 unspecified atom stereocenters. The number of carboxylic acids is 1. The maximum atomic E-state index is 13.4. The van der Waals surface area contributed by atoms with Gasteiger partial charge in [0.25, 0.3) is 0 Å². The summed E-state index contributed by atoms with van der Waals surface area (Å²) in [4.78, 5) is 18.4. The lowest BCUT2D eigenvalue weighted by molar-refractivity contribution is 0.0692. The molecule has 0 saturated carbocycles. The Labute approximate surface area is 95.8 Å². The van der Waals surface area contributed by atoms with Gasteiger partial charge in [0.15, 0.2) is 11.5 Å². The fraction of sp³-hybridized carbons (Fsp3) is 0. The number of nitrogens with two attached hydrogens (primary N) is 1. The van der Waals surface area contributed by atoms with Crippen LogP contribution in [0.5, 0.6) is 0 Å². The number of hydrogen-bond donors (Lipinski definition) is 2. The molecule has 5 nitrogen and oxygen atoms in total. The van der Waals surface area contributed by atoms with Gasteiger partial charge in [-0.2, -0.15) is 0 Å². The minimum absolute atomic E-state index is 0.00463. The normalized spacial score (nSPS) is 10.2. The fourth-order valence-corrected chi connectivity index (χ4v) is 1.35. The Balaban J connectivity index is 2.58. The molecule has 0 amide bonds. The monoisotopic (exact) mass is 233 g/mol. The Bertz CT molecular complexity index is 587. The number of carbonyl (C=O) groups is 1. The summed E-state index contributed by atoms with van der Waals surface area (Å²) in [6.07, 6.45) is 1.40. The van der Waals surface area contributed by atoms with E-state index < -0.39 is 11.8 Å². The van der Waals surface area contributed by atoms with Gasteiger partial charge in [-0.1, -0.05) is 0 Å². The summed E-state index contributed by atoms with van der Waals surface area (Å²) in [5, 5.41) is 8.85. The third kappa shape index (κ3) is 2.05. The van der Waals surface area contributed by atoms with Crippen LogP contribution < -0.4 is 5.73 Å². The number of hydrogen-bond acceptors (Lipinski definition) is 4. The van der Waals surface area contributed by atoms with E-state index in [-0.39, 0.29) is 22.8 Å². The van der Waals surface area contributed by atoms with E-state index in [0.29, 0.717) is 0 Å². The molecule has 0 atom stereocenters. The third-order valence-corrected chi connectivity index (χ3v) is 2.13. The molecule has 6 heteroatoms. The number of aromatic nitrogens is 2. The van der Waals surface area contributed by atoms with Crippen molar-refractivity contribution in [3.05, 3.63) is 42.0 Å². The standard InChI is InChI=1S/C11H8FN3O2/c12-6-2-1-5-14-9(6)8-4-3-7(13)10(15-8)11(16)17/h1-5H,13H2,(H,16,17). The Hall–Kier alpha value is -2.50. The van der Waals surface area contributed by atoms with Gasteiger partial charge in [-0.25, -0.2) is 14.2 Å². The van der Waals surface area contributed by atoms with Crippen molar-refractivity contribution in [2.24, 2.45) is 0 Å². The van der Waals surface area contributed by atoms with E-state index in [1.165, 1.54) is 30.5 Å². The van der Waals surface area contributed by atoms with E-state index in [2.05, 4.69) is 9.97 Å². The van der Waals surface area contributed by atoms with Gasteiger partial charge < -0.3 is 10.8 Å². The van der Waals surface area contributed by atoms with Crippen molar-refractivity contribution in [2.75, 3.05) is 5.73 Å². The van der Waals surface area contributed by atoms with E-state index in [4.69, 9.17) is 10.8 Å². The number of carboxylic acid groups (broad SMARTS) is 1. The summed E-state index contributed by atoms with van der Waals surface area (Å²) in [5.41, 5.74) is 5.29. The summed E-state index contributed by atoms with van der Waals surface area (Å²) in [6, 6.07) is 5.45. The van der Waals surface area contributed by atoms with Crippen LogP contribution in [0.1, 0.15) is 10.5 Å².